The maximum Gasteiger partial charge on any atom is 0.248 e. The molecule has 478 valence electrons. The quantitative estimate of drug-likeness (QED) is 0.0186. The molecule has 0 aromatic heterocycles. The van der Waals surface area contributed by atoms with Crippen LogP contribution in [0.2, 0.25) is 0 Å². The van der Waals surface area contributed by atoms with Crippen molar-refractivity contribution in [3.05, 3.63) is 0 Å². The average molecular weight is 1180 g/mol. The van der Waals surface area contributed by atoms with Gasteiger partial charge in [-0.3, -0.25) is 52.9 Å². The number of hydrogen-bond acceptors (Lipinski definition) is 15. The fraction of sp³-hybridized carbons (Fsp3) is 0.804. The van der Waals surface area contributed by atoms with Crippen LogP contribution in [-0.2, 0) is 47.9 Å². The third-order valence-corrected chi connectivity index (χ3v) is 14.1. The first kappa shape index (κ1) is 76.8. The number of carbonyl (C=O) groups is 10. The van der Waals surface area contributed by atoms with Gasteiger partial charge in [-0.25, -0.2) is 0 Å². The van der Waals surface area contributed by atoms with Crippen molar-refractivity contribution in [2.24, 2.45) is 69.0 Å². The number of nitrogens with zero attached hydrogens (tertiary/aromatic N) is 3. The van der Waals surface area contributed by atoms with E-state index in [1.807, 2.05) is 55.4 Å². The van der Waals surface area contributed by atoms with E-state index in [1.54, 1.807) is 13.8 Å². The van der Waals surface area contributed by atoms with E-state index in [9.17, 15) is 53.1 Å². The Labute approximate surface area is 493 Å². The molecular weight excluding hydrogens is 1070 g/mol. The Morgan fingerprint density at radius 3 is 1.24 bits per heavy atom. The summed E-state index contributed by atoms with van der Waals surface area (Å²) in [7, 11) is 2.80. The summed E-state index contributed by atoms with van der Waals surface area (Å²) >= 11 is 0. The molecule has 10 amide bonds. The molecule has 27 heteroatoms. The number of likely N-dealkylation sites (N-methyl/N-ethyl adjacent to an activating group) is 2. The molecule has 0 spiro atoms. The van der Waals surface area contributed by atoms with Crippen LogP contribution in [0.5, 0.6) is 0 Å². The second-order valence-corrected chi connectivity index (χ2v) is 23.5. The monoisotopic (exact) mass is 1180 g/mol. The molecule has 11 atom stereocenters. The van der Waals surface area contributed by atoms with E-state index in [2.05, 4.69) is 42.2 Å². The average Bonchev–Trinajstić information content (AvgIpc) is 3.50. The lowest BCUT2D eigenvalue weighted by Crippen LogP contribution is -2.62. The van der Waals surface area contributed by atoms with Crippen LogP contribution in [0.3, 0.4) is 0 Å². The van der Waals surface area contributed by atoms with E-state index < -0.39 is 125 Å². The molecule has 0 aliphatic rings. The number of nitrogens with one attached hydrogen (secondary N) is 7. The first-order valence-electron chi connectivity index (χ1n) is 29.6. The van der Waals surface area contributed by atoms with Crippen LogP contribution in [0, 0.1) is 29.6 Å². The van der Waals surface area contributed by atoms with Crippen molar-refractivity contribution in [2.45, 2.75) is 220 Å². The van der Waals surface area contributed by atoms with E-state index in [0.717, 1.165) is 4.90 Å². The number of unbranched alkanes of at least 4 members (excludes halogenated alkanes) is 2. The summed E-state index contributed by atoms with van der Waals surface area (Å²) < 4.78 is 0. The van der Waals surface area contributed by atoms with Gasteiger partial charge >= 0.3 is 0 Å². The molecule has 0 bridgehead atoms. The van der Waals surface area contributed by atoms with Crippen molar-refractivity contribution >= 4 is 65.0 Å². The number of hydrogen-bond donors (Lipinski definition) is 14. The smallest absolute Gasteiger partial charge is 0.248 e. The fourth-order valence-corrected chi connectivity index (χ4v) is 9.17. The van der Waals surface area contributed by atoms with E-state index >= 15 is 0 Å². The van der Waals surface area contributed by atoms with Gasteiger partial charge in [0.1, 0.15) is 54.4 Å². The molecule has 0 heterocycles. The number of nitrogens with two attached hydrogens (primary N) is 6. The van der Waals surface area contributed by atoms with Crippen molar-refractivity contribution < 1.29 is 53.1 Å². The standard InChI is InChI=1S/C56H108N16O11/c1-14-35(10)45(53(81)67-38(21-16-18-24-58)50(78)70-46(36(11)73)55(83)72(13)43(29-34(8)9)52(80)68-40(47(60)75)26-31(2)3)69-49(77)39(22-19-25-63-56(61)62)65-48(76)37(20-15-17-23-57)66-51(79)42(28-33(6)7)71(12)54(82)41(27-32(4)5)64-44(74)30-59/h31-43,45-46,73H,14-30,57-59H2,1-13H3,(H2,60,75)(H,64,74)(H,65,76)(H,66,79)(H,67,81)(H,68,80)(H,69,77)(H,70,78)(H4,61,62,63)/t35-,36+,37-,38-,39-,40-,41-,42-,43-,45-,46-/m0/s1. The number of aliphatic hydroxyl groups is 1. The molecule has 0 fully saturated rings. The molecule has 0 aliphatic heterocycles. The summed E-state index contributed by atoms with van der Waals surface area (Å²) in [4.78, 5) is 145. The minimum atomic E-state index is -1.62. The Kier molecular flexibility index (Phi) is 37.1. The lowest BCUT2D eigenvalue weighted by atomic mass is 9.96. The van der Waals surface area contributed by atoms with Gasteiger partial charge in [0.2, 0.25) is 59.1 Å². The van der Waals surface area contributed by atoms with Crippen molar-refractivity contribution in [1.29, 1.82) is 0 Å². The van der Waals surface area contributed by atoms with Gasteiger partial charge in [0.25, 0.3) is 0 Å². The summed E-state index contributed by atoms with van der Waals surface area (Å²) in [6.07, 6.45) is 1.53. The second-order valence-electron chi connectivity index (χ2n) is 23.5. The molecule has 0 rings (SSSR count). The zero-order valence-corrected chi connectivity index (χ0v) is 52.0. The predicted molar refractivity (Wildman–Crippen MR) is 320 cm³/mol. The Bertz CT molecular complexity index is 2090. The van der Waals surface area contributed by atoms with Crippen molar-refractivity contribution in [2.75, 3.05) is 40.3 Å². The Balaban J connectivity index is 7.19. The van der Waals surface area contributed by atoms with Gasteiger partial charge in [-0.15, -0.1) is 0 Å². The molecule has 0 aliphatic carbocycles. The normalized spacial score (nSPS) is 15.4. The lowest BCUT2D eigenvalue weighted by molar-refractivity contribution is -0.145. The van der Waals surface area contributed by atoms with Gasteiger partial charge < -0.3 is 86.5 Å². The van der Waals surface area contributed by atoms with Crippen molar-refractivity contribution in [1.82, 2.24) is 47.0 Å². The maximum atomic E-state index is 14.6. The molecule has 0 unspecified atom stereocenters. The summed E-state index contributed by atoms with van der Waals surface area (Å²) in [6, 6.07) is -11.1. The molecule has 27 nitrogen and oxygen atoms in total. The first-order chi connectivity index (χ1) is 38.8. The highest BCUT2D eigenvalue weighted by molar-refractivity contribution is 5.98. The van der Waals surface area contributed by atoms with E-state index in [1.165, 1.54) is 25.9 Å². The molecule has 0 radical (unpaired) electrons. The van der Waals surface area contributed by atoms with Crippen LogP contribution in [0.15, 0.2) is 4.99 Å². The predicted octanol–water partition coefficient (Wildman–Crippen LogP) is -1.60. The van der Waals surface area contributed by atoms with Crippen LogP contribution in [0.25, 0.3) is 0 Å². The van der Waals surface area contributed by atoms with Crippen LogP contribution >= 0.6 is 0 Å². The van der Waals surface area contributed by atoms with Crippen LogP contribution in [0.4, 0.5) is 0 Å². The SMILES string of the molecule is CC[C@H](C)[C@H](NC(=O)[C@H](CCCN=C(N)N)NC(=O)[C@H](CCCCN)NC(=O)[C@H](CC(C)C)N(C)C(=O)[C@H](CC(C)C)NC(=O)CN)C(=O)N[C@@H](CCCCN)C(=O)N[C@H](C(=O)N(C)[C@@H](CC(C)C)C(=O)N[C@@H](CC(C)C)C(N)=O)[C@@H](C)O. The van der Waals surface area contributed by atoms with E-state index in [4.69, 9.17) is 34.4 Å². The number of guanidine groups is 1. The molecule has 0 aromatic carbocycles. The van der Waals surface area contributed by atoms with E-state index in [0.29, 0.717) is 32.1 Å². The van der Waals surface area contributed by atoms with Crippen molar-refractivity contribution in [3.8, 4) is 0 Å². The fourth-order valence-electron chi connectivity index (χ4n) is 9.17. The number of aliphatic imine (C=N–C) groups is 1. The number of carbonyl (C=O) groups excluding carboxylic acids is 10. The summed E-state index contributed by atoms with van der Waals surface area (Å²) in [6.45, 7) is 19.9. The third-order valence-electron chi connectivity index (χ3n) is 14.1. The number of primary amides is 1. The van der Waals surface area contributed by atoms with Gasteiger partial charge in [-0.05, 0) is 127 Å². The van der Waals surface area contributed by atoms with Gasteiger partial charge in [-0.1, -0.05) is 75.7 Å². The van der Waals surface area contributed by atoms with Crippen LogP contribution < -0.4 is 71.6 Å². The Hall–Kier alpha value is -6.19. The summed E-state index contributed by atoms with van der Waals surface area (Å²) in [5.41, 5.74) is 34.0. The molecule has 0 saturated heterocycles. The maximum absolute atomic E-state index is 14.6. The number of amides is 10. The Morgan fingerprint density at radius 1 is 0.458 bits per heavy atom. The molecular formula is C56H108N16O11. The number of aliphatic hydroxyl groups excluding tert-OH is 1. The minimum Gasteiger partial charge on any atom is -0.391 e. The number of rotatable bonds is 42. The van der Waals surface area contributed by atoms with Crippen molar-refractivity contribution in [3.63, 3.8) is 0 Å². The van der Waals surface area contributed by atoms with Crippen LogP contribution in [0.1, 0.15) is 160 Å². The molecule has 83 heavy (non-hydrogen) atoms. The summed E-state index contributed by atoms with van der Waals surface area (Å²) in [5, 5.41) is 30.0. The summed E-state index contributed by atoms with van der Waals surface area (Å²) in [5.74, 6) is -8.22. The zero-order chi connectivity index (χ0) is 63.8. The van der Waals surface area contributed by atoms with Gasteiger partial charge in [0.05, 0.1) is 12.6 Å². The Morgan fingerprint density at radius 2 is 0.843 bits per heavy atom. The third kappa shape index (κ3) is 29.3. The highest BCUT2D eigenvalue weighted by Gasteiger charge is 2.40. The minimum absolute atomic E-state index is 0.00557. The molecule has 20 N–H and O–H groups in total. The highest BCUT2D eigenvalue weighted by atomic mass is 16.3. The second kappa shape index (κ2) is 40.1. The zero-order valence-electron chi connectivity index (χ0n) is 52.0. The first-order valence-corrected chi connectivity index (χ1v) is 29.6. The van der Waals surface area contributed by atoms with Gasteiger partial charge in [0.15, 0.2) is 5.96 Å². The van der Waals surface area contributed by atoms with Crippen LogP contribution in [-0.4, -0.2) is 181 Å². The molecule has 0 aromatic rings. The van der Waals surface area contributed by atoms with Gasteiger partial charge in [0, 0.05) is 20.6 Å². The van der Waals surface area contributed by atoms with Gasteiger partial charge in [-0.2, -0.15) is 0 Å². The topological polar surface area (TPSA) is 450 Å². The highest BCUT2D eigenvalue weighted by Crippen LogP contribution is 2.19. The molecule has 0 saturated carbocycles. The van der Waals surface area contributed by atoms with E-state index in [-0.39, 0.29) is 107 Å². The largest absolute Gasteiger partial charge is 0.391 e. The lowest BCUT2D eigenvalue weighted by Gasteiger charge is -2.34.